The van der Waals surface area contributed by atoms with E-state index in [9.17, 15) is 4.79 Å². The van der Waals surface area contributed by atoms with Gasteiger partial charge in [-0.1, -0.05) is 17.7 Å². The van der Waals surface area contributed by atoms with Crippen molar-refractivity contribution in [3.8, 4) is 5.88 Å². The molecule has 0 aliphatic carbocycles. The molecule has 1 heterocycles. The fourth-order valence-electron chi connectivity index (χ4n) is 0.627. The number of nitrogens with zero attached hydrogens (tertiary/aromatic N) is 2. The lowest BCUT2D eigenvalue weighted by atomic mass is 10.5. The highest BCUT2D eigenvalue weighted by molar-refractivity contribution is 6.29. The van der Waals surface area contributed by atoms with Gasteiger partial charge < -0.3 is 9.64 Å². The van der Waals surface area contributed by atoms with E-state index in [4.69, 9.17) is 16.3 Å². The quantitative estimate of drug-likeness (QED) is 0.650. The molecule has 0 bridgehead atoms. The van der Waals surface area contributed by atoms with Crippen molar-refractivity contribution in [2.75, 3.05) is 14.1 Å². The first-order valence-corrected chi connectivity index (χ1v) is 3.99. The number of hydrogen-bond donors (Lipinski definition) is 0. The van der Waals surface area contributed by atoms with Gasteiger partial charge in [0, 0.05) is 20.2 Å². The fraction of sp³-hybridized carbons (Fsp3) is 0.250. The summed E-state index contributed by atoms with van der Waals surface area (Å²) in [6.07, 6.45) is -0.477. The largest absolute Gasteiger partial charge is 0.416 e. The first-order chi connectivity index (χ1) is 6.09. The van der Waals surface area contributed by atoms with Crippen molar-refractivity contribution in [2.45, 2.75) is 0 Å². The van der Waals surface area contributed by atoms with Crippen LogP contribution in [0, 0.1) is 0 Å². The normalized spacial score (nSPS) is 9.46. The molecule has 0 fully saturated rings. The van der Waals surface area contributed by atoms with Crippen LogP contribution in [-0.4, -0.2) is 30.1 Å². The van der Waals surface area contributed by atoms with E-state index in [0.29, 0.717) is 5.15 Å². The van der Waals surface area contributed by atoms with Gasteiger partial charge in [-0.05, 0) is 6.07 Å². The van der Waals surface area contributed by atoms with Crippen LogP contribution in [0.4, 0.5) is 4.79 Å². The third kappa shape index (κ3) is 2.91. The van der Waals surface area contributed by atoms with E-state index in [2.05, 4.69) is 4.98 Å². The Kier molecular flexibility index (Phi) is 3.08. The Balaban J connectivity index is 2.69. The molecular formula is C8H9ClN2O2. The summed E-state index contributed by atoms with van der Waals surface area (Å²) in [4.78, 5) is 16.1. The first kappa shape index (κ1) is 9.80. The predicted octanol–water partition coefficient (Wildman–Crippen LogP) is 1.80. The van der Waals surface area contributed by atoms with Gasteiger partial charge in [0.2, 0.25) is 5.88 Å². The summed E-state index contributed by atoms with van der Waals surface area (Å²) in [6, 6.07) is 4.83. The number of ether oxygens (including phenoxy) is 1. The zero-order chi connectivity index (χ0) is 9.84. The number of pyridine rings is 1. The average molecular weight is 201 g/mol. The molecule has 0 saturated heterocycles. The van der Waals surface area contributed by atoms with Crippen LogP contribution in [0.2, 0.25) is 5.15 Å². The summed E-state index contributed by atoms with van der Waals surface area (Å²) in [5.41, 5.74) is 0. The minimum Gasteiger partial charge on any atom is -0.391 e. The van der Waals surface area contributed by atoms with Crippen LogP contribution in [0.15, 0.2) is 18.2 Å². The highest BCUT2D eigenvalue weighted by Crippen LogP contribution is 2.11. The van der Waals surface area contributed by atoms with E-state index >= 15 is 0 Å². The van der Waals surface area contributed by atoms with Crippen molar-refractivity contribution >= 4 is 17.7 Å². The molecule has 13 heavy (non-hydrogen) atoms. The summed E-state index contributed by atoms with van der Waals surface area (Å²) in [6.45, 7) is 0. The van der Waals surface area contributed by atoms with Crippen LogP contribution in [0.3, 0.4) is 0 Å². The van der Waals surface area contributed by atoms with E-state index in [1.54, 1.807) is 32.3 Å². The summed E-state index contributed by atoms with van der Waals surface area (Å²) in [7, 11) is 3.18. The Hall–Kier alpha value is -1.29. The lowest BCUT2D eigenvalue weighted by Gasteiger charge is -2.09. The number of carbonyl (C=O) groups is 1. The van der Waals surface area contributed by atoms with Crippen molar-refractivity contribution in [1.29, 1.82) is 0 Å². The first-order valence-electron chi connectivity index (χ1n) is 3.61. The predicted molar refractivity (Wildman–Crippen MR) is 49.0 cm³/mol. The van der Waals surface area contributed by atoms with Gasteiger partial charge >= 0.3 is 6.09 Å². The zero-order valence-electron chi connectivity index (χ0n) is 7.32. The Labute approximate surface area is 81.1 Å². The molecule has 1 aromatic heterocycles. The van der Waals surface area contributed by atoms with Gasteiger partial charge in [0.1, 0.15) is 5.15 Å². The summed E-state index contributed by atoms with van der Waals surface area (Å²) < 4.78 is 4.85. The lowest BCUT2D eigenvalue weighted by Crippen LogP contribution is -2.25. The van der Waals surface area contributed by atoms with Crippen LogP contribution >= 0.6 is 11.6 Å². The van der Waals surface area contributed by atoms with Crippen molar-refractivity contribution in [1.82, 2.24) is 9.88 Å². The molecule has 4 nitrogen and oxygen atoms in total. The van der Waals surface area contributed by atoms with Crippen LogP contribution < -0.4 is 4.74 Å². The molecule has 0 unspecified atom stereocenters. The van der Waals surface area contributed by atoms with Crippen LogP contribution in [0.25, 0.3) is 0 Å². The molecule has 1 rings (SSSR count). The van der Waals surface area contributed by atoms with Crippen molar-refractivity contribution in [3.05, 3.63) is 23.4 Å². The minimum absolute atomic E-state index is 0.200. The molecule has 0 spiro atoms. The van der Waals surface area contributed by atoms with Gasteiger partial charge in [-0.25, -0.2) is 9.78 Å². The molecule has 0 saturated carbocycles. The van der Waals surface area contributed by atoms with E-state index < -0.39 is 6.09 Å². The Morgan fingerprint density at radius 2 is 2.23 bits per heavy atom. The second-order valence-electron chi connectivity index (χ2n) is 2.56. The maximum absolute atomic E-state index is 11.0. The number of hydrogen-bond acceptors (Lipinski definition) is 3. The topological polar surface area (TPSA) is 42.4 Å². The number of amides is 1. The monoisotopic (exact) mass is 200 g/mol. The van der Waals surface area contributed by atoms with Gasteiger partial charge in [0.15, 0.2) is 0 Å². The molecular weight excluding hydrogens is 192 g/mol. The molecule has 0 aliphatic rings. The SMILES string of the molecule is CN(C)C(=O)Oc1cccc(Cl)n1. The molecule has 5 heteroatoms. The number of aromatic nitrogens is 1. The number of halogens is 1. The van der Waals surface area contributed by atoms with E-state index in [1.165, 1.54) is 4.90 Å². The number of carbonyl (C=O) groups excluding carboxylic acids is 1. The maximum atomic E-state index is 11.0. The van der Waals surface area contributed by atoms with Gasteiger partial charge in [-0.3, -0.25) is 0 Å². The van der Waals surface area contributed by atoms with Gasteiger partial charge in [-0.15, -0.1) is 0 Å². The molecule has 0 aromatic carbocycles. The molecule has 0 N–H and O–H groups in total. The Bertz CT molecular complexity index is 315. The van der Waals surface area contributed by atoms with Gasteiger partial charge in [0.25, 0.3) is 0 Å². The highest BCUT2D eigenvalue weighted by atomic mass is 35.5. The van der Waals surface area contributed by atoms with Crippen molar-refractivity contribution < 1.29 is 9.53 Å². The van der Waals surface area contributed by atoms with Crippen molar-refractivity contribution in [3.63, 3.8) is 0 Å². The second-order valence-corrected chi connectivity index (χ2v) is 2.95. The third-order valence-corrected chi connectivity index (χ3v) is 1.46. The molecule has 1 amide bonds. The summed E-state index contributed by atoms with van der Waals surface area (Å²) >= 11 is 5.59. The van der Waals surface area contributed by atoms with Gasteiger partial charge in [0.05, 0.1) is 0 Å². The lowest BCUT2D eigenvalue weighted by molar-refractivity contribution is 0.170. The molecule has 0 radical (unpaired) electrons. The zero-order valence-corrected chi connectivity index (χ0v) is 8.08. The fourth-order valence-corrected chi connectivity index (χ4v) is 0.783. The molecule has 1 aromatic rings. The van der Waals surface area contributed by atoms with Crippen LogP contribution in [0.1, 0.15) is 0 Å². The standard InChI is InChI=1S/C8H9ClN2O2/c1-11(2)8(12)13-7-5-3-4-6(9)10-7/h3-5H,1-2H3. The van der Waals surface area contributed by atoms with Crippen LogP contribution in [-0.2, 0) is 0 Å². The molecule has 0 atom stereocenters. The molecule has 70 valence electrons. The summed E-state index contributed by atoms with van der Waals surface area (Å²) in [5, 5.41) is 0.295. The Morgan fingerprint density at radius 1 is 1.54 bits per heavy atom. The third-order valence-electron chi connectivity index (χ3n) is 1.25. The maximum Gasteiger partial charge on any atom is 0.416 e. The summed E-state index contributed by atoms with van der Waals surface area (Å²) in [5.74, 6) is 0.200. The average Bonchev–Trinajstić information content (AvgIpc) is 2.04. The van der Waals surface area contributed by atoms with E-state index in [0.717, 1.165) is 0 Å². The molecule has 0 aliphatic heterocycles. The highest BCUT2D eigenvalue weighted by Gasteiger charge is 2.07. The van der Waals surface area contributed by atoms with E-state index in [1.807, 2.05) is 0 Å². The number of rotatable bonds is 1. The Morgan fingerprint density at radius 3 is 2.77 bits per heavy atom. The minimum atomic E-state index is -0.477. The van der Waals surface area contributed by atoms with Crippen LogP contribution in [0.5, 0.6) is 5.88 Å². The second kappa shape index (κ2) is 4.09. The van der Waals surface area contributed by atoms with E-state index in [-0.39, 0.29) is 5.88 Å². The smallest absolute Gasteiger partial charge is 0.391 e. The van der Waals surface area contributed by atoms with Crippen molar-refractivity contribution in [2.24, 2.45) is 0 Å². The van der Waals surface area contributed by atoms with Gasteiger partial charge in [-0.2, -0.15) is 0 Å².